The van der Waals surface area contributed by atoms with Crippen molar-refractivity contribution >= 4 is 16.8 Å². The van der Waals surface area contributed by atoms with Crippen molar-refractivity contribution in [3.8, 4) is 0 Å². The Morgan fingerprint density at radius 2 is 2.00 bits per heavy atom. The van der Waals surface area contributed by atoms with E-state index in [1.54, 1.807) is 0 Å². The van der Waals surface area contributed by atoms with Gasteiger partial charge in [-0.15, -0.1) is 0 Å². The number of hydrogen-bond acceptors (Lipinski definition) is 2. The van der Waals surface area contributed by atoms with Crippen LogP contribution in [0.25, 0.3) is 10.9 Å². The smallest absolute Gasteiger partial charge is 0.268 e. The zero-order valence-corrected chi connectivity index (χ0v) is 13.0. The molecule has 1 saturated heterocycles. The lowest BCUT2D eigenvalue weighted by Gasteiger charge is -2.23. The van der Waals surface area contributed by atoms with E-state index in [-0.39, 0.29) is 11.9 Å². The van der Waals surface area contributed by atoms with E-state index in [4.69, 9.17) is 0 Å². The quantitative estimate of drug-likeness (QED) is 0.794. The standard InChI is InChI=1S/C17H23N3O/c1-10-6-7-11(2)15-14(10)12(3)16(20-15)17(21)19-13-5-4-8-18-9-13/h6-7,13,18,20H,4-5,8-9H2,1-3H3,(H,19,21)/t13-/m0/s1. The molecule has 3 N–H and O–H groups in total. The molecule has 0 saturated carbocycles. The Balaban J connectivity index is 1.93. The molecular weight excluding hydrogens is 262 g/mol. The molecule has 0 aliphatic carbocycles. The fourth-order valence-corrected chi connectivity index (χ4v) is 3.26. The van der Waals surface area contributed by atoms with Crippen LogP contribution in [0.2, 0.25) is 0 Å². The Morgan fingerprint density at radius 3 is 2.67 bits per heavy atom. The third kappa shape index (κ3) is 2.56. The number of fused-ring (bicyclic) bond motifs is 1. The largest absolute Gasteiger partial charge is 0.350 e. The molecule has 1 atom stereocenters. The van der Waals surface area contributed by atoms with E-state index in [0.717, 1.165) is 37.0 Å². The van der Waals surface area contributed by atoms with Gasteiger partial charge in [-0.2, -0.15) is 0 Å². The monoisotopic (exact) mass is 285 g/mol. The Kier molecular flexibility index (Phi) is 3.72. The molecule has 2 aromatic rings. The van der Waals surface area contributed by atoms with Crippen molar-refractivity contribution in [2.45, 2.75) is 39.7 Å². The highest BCUT2D eigenvalue weighted by molar-refractivity contribution is 6.02. The van der Waals surface area contributed by atoms with Gasteiger partial charge in [-0.1, -0.05) is 12.1 Å². The number of rotatable bonds is 2. The number of carbonyl (C=O) groups is 1. The number of nitrogens with one attached hydrogen (secondary N) is 3. The van der Waals surface area contributed by atoms with Crippen LogP contribution >= 0.6 is 0 Å². The second-order valence-electron chi connectivity index (χ2n) is 6.09. The molecule has 0 radical (unpaired) electrons. The maximum absolute atomic E-state index is 12.6. The van der Waals surface area contributed by atoms with Crippen molar-refractivity contribution in [3.05, 3.63) is 34.5 Å². The van der Waals surface area contributed by atoms with Crippen LogP contribution in [-0.4, -0.2) is 30.0 Å². The molecule has 1 aromatic carbocycles. The topological polar surface area (TPSA) is 56.9 Å². The molecule has 1 amide bonds. The van der Waals surface area contributed by atoms with Crippen molar-refractivity contribution in [1.29, 1.82) is 0 Å². The van der Waals surface area contributed by atoms with Gasteiger partial charge >= 0.3 is 0 Å². The van der Waals surface area contributed by atoms with Crippen LogP contribution in [0.3, 0.4) is 0 Å². The van der Waals surface area contributed by atoms with Gasteiger partial charge in [-0.05, 0) is 56.8 Å². The average Bonchev–Trinajstić information content (AvgIpc) is 2.83. The van der Waals surface area contributed by atoms with Crippen LogP contribution in [0.4, 0.5) is 0 Å². The first-order valence-electron chi connectivity index (χ1n) is 7.68. The summed E-state index contributed by atoms with van der Waals surface area (Å²) < 4.78 is 0. The van der Waals surface area contributed by atoms with Crippen molar-refractivity contribution < 1.29 is 4.79 Å². The van der Waals surface area contributed by atoms with Gasteiger partial charge in [0.1, 0.15) is 5.69 Å². The van der Waals surface area contributed by atoms with E-state index >= 15 is 0 Å². The molecule has 0 spiro atoms. The van der Waals surface area contributed by atoms with Crippen LogP contribution in [0.1, 0.15) is 40.0 Å². The third-order valence-corrected chi connectivity index (χ3v) is 4.48. The predicted molar refractivity (Wildman–Crippen MR) is 85.9 cm³/mol. The summed E-state index contributed by atoms with van der Waals surface area (Å²) in [4.78, 5) is 15.9. The fraction of sp³-hybridized carbons (Fsp3) is 0.471. The summed E-state index contributed by atoms with van der Waals surface area (Å²) in [6.07, 6.45) is 2.17. The molecule has 3 rings (SSSR count). The minimum atomic E-state index is 0.0104. The molecular formula is C17H23N3O. The molecule has 21 heavy (non-hydrogen) atoms. The van der Waals surface area contributed by atoms with E-state index < -0.39 is 0 Å². The first-order valence-corrected chi connectivity index (χ1v) is 7.68. The third-order valence-electron chi connectivity index (χ3n) is 4.48. The summed E-state index contributed by atoms with van der Waals surface area (Å²) in [5.74, 6) is 0.0104. The van der Waals surface area contributed by atoms with E-state index in [1.807, 2.05) is 6.92 Å². The lowest BCUT2D eigenvalue weighted by molar-refractivity contribution is 0.0926. The van der Waals surface area contributed by atoms with Crippen LogP contribution in [0.5, 0.6) is 0 Å². The number of carbonyl (C=O) groups excluding carboxylic acids is 1. The maximum atomic E-state index is 12.6. The first kappa shape index (κ1) is 14.1. The van der Waals surface area contributed by atoms with Crippen molar-refractivity contribution in [2.24, 2.45) is 0 Å². The summed E-state index contributed by atoms with van der Waals surface area (Å²) in [5.41, 5.74) is 5.22. The highest BCUT2D eigenvalue weighted by Crippen LogP contribution is 2.27. The number of hydrogen-bond donors (Lipinski definition) is 3. The number of aromatic amines is 1. The number of H-pyrrole nitrogens is 1. The first-order chi connectivity index (χ1) is 10.1. The van der Waals surface area contributed by atoms with Gasteiger partial charge < -0.3 is 15.6 Å². The van der Waals surface area contributed by atoms with E-state index in [2.05, 4.69) is 41.6 Å². The van der Waals surface area contributed by atoms with Gasteiger partial charge in [0.2, 0.25) is 0 Å². The maximum Gasteiger partial charge on any atom is 0.268 e. The predicted octanol–water partition coefficient (Wildman–Crippen LogP) is 2.57. The van der Waals surface area contributed by atoms with Gasteiger partial charge in [-0.3, -0.25) is 4.79 Å². The van der Waals surface area contributed by atoms with Gasteiger partial charge in [0.05, 0.1) is 0 Å². The molecule has 1 fully saturated rings. The number of aromatic nitrogens is 1. The fourth-order valence-electron chi connectivity index (χ4n) is 3.26. The minimum absolute atomic E-state index is 0.0104. The van der Waals surface area contributed by atoms with Gasteiger partial charge in [0.25, 0.3) is 5.91 Å². The SMILES string of the molecule is Cc1ccc(C)c2c(C)c(C(=O)N[C@H]3CCCNC3)[nH]c12. The van der Waals surface area contributed by atoms with Crippen LogP contribution in [-0.2, 0) is 0 Å². The Hall–Kier alpha value is -1.81. The molecule has 2 heterocycles. The highest BCUT2D eigenvalue weighted by atomic mass is 16.2. The summed E-state index contributed by atoms with van der Waals surface area (Å²) in [6.45, 7) is 8.11. The molecule has 1 aliphatic heterocycles. The summed E-state index contributed by atoms with van der Waals surface area (Å²) in [7, 11) is 0. The summed E-state index contributed by atoms with van der Waals surface area (Å²) in [5, 5.41) is 7.65. The molecule has 112 valence electrons. The van der Waals surface area contributed by atoms with Crippen molar-refractivity contribution in [1.82, 2.24) is 15.6 Å². The molecule has 4 nitrogen and oxygen atoms in total. The highest BCUT2D eigenvalue weighted by Gasteiger charge is 2.20. The number of piperidine rings is 1. The number of amides is 1. The van der Waals surface area contributed by atoms with E-state index in [0.29, 0.717) is 5.69 Å². The molecule has 1 aromatic heterocycles. The Morgan fingerprint density at radius 1 is 1.24 bits per heavy atom. The molecule has 1 aliphatic rings. The van der Waals surface area contributed by atoms with E-state index in [9.17, 15) is 4.79 Å². The molecule has 0 bridgehead atoms. The Labute approximate surface area is 125 Å². The molecule has 0 unspecified atom stereocenters. The zero-order valence-electron chi connectivity index (χ0n) is 13.0. The molecule has 4 heteroatoms. The lowest BCUT2D eigenvalue weighted by atomic mass is 10.0. The van der Waals surface area contributed by atoms with Crippen molar-refractivity contribution in [2.75, 3.05) is 13.1 Å². The minimum Gasteiger partial charge on any atom is -0.350 e. The zero-order chi connectivity index (χ0) is 15.0. The second kappa shape index (κ2) is 5.53. The summed E-state index contributed by atoms with van der Waals surface area (Å²) in [6, 6.07) is 4.45. The number of benzene rings is 1. The Bertz CT molecular complexity index is 681. The van der Waals surface area contributed by atoms with Gasteiger partial charge in [-0.25, -0.2) is 0 Å². The van der Waals surface area contributed by atoms with Crippen molar-refractivity contribution in [3.63, 3.8) is 0 Å². The van der Waals surface area contributed by atoms with Gasteiger partial charge in [0.15, 0.2) is 0 Å². The average molecular weight is 285 g/mol. The van der Waals surface area contributed by atoms with Crippen LogP contribution < -0.4 is 10.6 Å². The normalized spacial score (nSPS) is 18.9. The number of aryl methyl sites for hydroxylation is 3. The van der Waals surface area contributed by atoms with Gasteiger partial charge in [0, 0.05) is 23.5 Å². The lowest BCUT2D eigenvalue weighted by Crippen LogP contribution is -2.45. The van der Waals surface area contributed by atoms with Crippen LogP contribution in [0, 0.1) is 20.8 Å². The van der Waals surface area contributed by atoms with Crippen LogP contribution in [0.15, 0.2) is 12.1 Å². The van der Waals surface area contributed by atoms with E-state index in [1.165, 1.54) is 16.5 Å². The second-order valence-corrected chi connectivity index (χ2v) is 6.09. The summed E-state index contributed by atoms with van der Waals surface area (Å²) >= 11 is 0.